The zero-order valence-electron chi connectivity index (χ0n) is 6.86. The van der Waals surface area contributed by atoms with Gasteiger partial charge in [-0.25, -0.2) is 4.68 Å². The molecular weight excluding hydrogens is 140 g/mol. The molecule has 4 nitrogen and oxygen atoms in total. The van der Waals surface area contributed by atoms with E-state index in [9.17, 15) is 0 Å². The molecule has 0 bridgehead atoms. The third-order valence-electron chi connectivity index (χ3n) is 2.31. The number of nitrogens with zero attached hydrogens (tertiary/aromatic N) is 4. The molecule has 0 fully saturated rings. The summed E-state index contributed by atoms with van der Waals surface area (Å²) < 4.78 is 1.96. The van der Waals surface area contributed by atoms with Gasteiger partial charge in [0, 0.05) is 6.42 Å². The molecule has 0 N–H and O–H groups in total. The molecule has 1 aliphatic rings. The zero-order chi connectivity index (χ0) is 7.84. The monoisotopic (exact) mass is 152 g/mol. The Morgan fingerprint density at radius 2 is 2.36 bits per heavy atom. The van der Waals surface area contributed by atoms with Gasteiger partial charge in [-0.3, -0.25) is 0 Å². The van der Waals surface area contributed by atoms with Crippen LogP contribution in [0, 0.1) is 5.92 Å². The minimum Gasteiger partial charge on any atom is -0.226 e. The van der Waals surface area contributed by atoms with E-state index in [0.717, 1.165) is 12.2 Å². The molecule has 0 aliphatic carbocycles. The second-order valence-corrected chi connectivity index (χ2v) is 3.39. The SMILES string of the molecule is CC(C)[C@@H]1CCc2nnnn21. The lowest BCUT2D eigenvalue weighted by atomic mass is 10.0. The summed E-state index contributed by atoms with van der Waals surface area (Å²) in [6, 6.07) is 0.528. The van der Waals surface area contributed by atoms with Crippen LogP contribution >= 0.6 is 0 Å². The van der Waals surface area contributed by atoms with Crippen LogP contribution in [0.1, 0.15) is 32.1 Å². The van der Waals surface area contributed by atoms with Crippen molar-refractivity contribution >= 4 is 0 Å². The minimum absolute atomic E-state index is 0.528. The molecule has 4 heteroatoms. The fraction of sp³-hybridized carbons (Fsp3) is 0.857. The highest BCUT2D eigenvalue weighted by Gasteiger charge is 2.26. The average molecular weight is 152 g/mol. The van der Waals surface area contributed by atoms with Crippen LogP contribution in [0.25, 0.3) is 0 Å². The van der Waals surface area contributed by atoms with Gasteiger partial charge in [0.05, 0.1) is 6.04 Å². The molecule has 1 aromatic heterocycles. The Hall–Kier alpha value is -0.930. The molecule has 0 unspecified atom stereocenters. The maximum Gasteiger partial charge on any atom is 0.151 e. The Balaban J connectivity index is 2.31. The smallest absolute Gasteiger partial charge is 0.151 e. The molecule has 0 spiro atoms. The van der Waals surface area contributed by atoms with Crippen LogP contribution in [0.4, 0.5) is 0 Å². The van der Waals surface area contributed by atoms with Crippen molar-refractivity contribution in [2.45, 2.75) is 32.7 Å². The van der Waals surface area contributed by atoms with Crippen molar-refractivity contribution in [3.63, 3.8) is 0 Å². The van der Waals surface area contributed by atoms with E-state index in [0.29, 0.717) is 12.0 Å². The number of aromatic nitrogens is 4. The third-order valence-corrected chi connectivity index (χ3v) is 2.31. The van der Waals surface area contributed by atoms with Gasteiger partial charge in [0.15, 0.2) is 5.82 Å². The van der Waals surface area contributed by atoms with Gasteiger partial charge in [-0.2, -0.15) is 0 Å². The maximum atomic E-state index is 3.96. The molecule has 0 saturated carbocycles. The molecule has 0 radical (unpaired) electrons. The molecule has 0 amide bonds. The van der Waals surface area contributed by atoms with Crippen LogP contribution in [-0.2, 0) is 6.42 Å². The Labute approximate surface area is 65.6 Å². The number of aryl methyl sites for hydroxylation is 1. The lowest BCUT2D eigenvalue weighted by Crippen LogP contribution is -2.12. The standard InChI is InChI=1S/C7H12N4/c1-5(2)6-3-4-7-8-9-10-11(6)7/h5-6H,3-4H2,1-2H3/t6-/m0/s1. The van der Waals surface area contributed by atoms with Crippen molar-refractivity contribution in [2.24, 2.45) is 5.92 Å². The fourth-order valence-corrected chi connectivity index (χ4v) is 1.65. The first-order valence-corrected chi connectivity index (χ1v) is 4.06. The van der Waals surface area contributed by atoms with Gasteiger partial charge in [-0.05, 0) is 22.8 Å². The quantitative estimate of drug-likeness (QED) is 0.598. The zero-order valence-corrected chi connectivity index (χ0v) is 6.86. The van der Waals surface area contributed by atoms with E-state index in [-0.39, 0.29) is 0 Å². The Morgan fingerprint density at radius 1 is 1.55 bits per heavy atom. The van der Waals surface area contributed by atoms with E-state index < -0.39 is 0 Å². The molecule has 2 heterocycles. The largest absolute Gasteiger partial charge is 0.226 e. The number of hydrogen-bond acceptors (Lipinski definition) is 3. The summed E-state index contributed by atoms with van der Waals surface area (Å²) in [7, 11) is 0. The second kappa shape index (κ2) is 2.29. The molecule has 0 saturated heterocycles. The predicted octanol–water partition coefficient (Wildman–Crippen LogP) is 0.816. The number of fused-ring (bicyclic) bond motifs is 1. The Morgan fingerprint density at radius 3 is 3.09 bits per heavy atom. The van der Waals surface area contributed by atoms with E-state index in [4.69, 9.17) is 0 Å². The lowest BCUT2D eigenvalue weighted by molar-refractivity contribution is 0.356. The van der Waals surface area contributed by atoms with Gasteiger partial charge < -0.3 is 0 Å². The van der Waals surface area contributed by atoms with E-state index in [1.54, 1.807) is 0 Å². The Bertz CT molecular complexity index is 253. The third kappa shape index (κ3) is 0.931. The second-order valence-electron chi connectivity index (χ2n) is 3.39. The van der Waals surface area contributed by atoms with Crippen LogP contribution < -0.4 is 0 Å². The highest BCUT2D eigenvalue weighted by Crippen LogP contribution is 2.28. The highest BCUT2D eigenvalue weighted by atomic mass is 15.6. The van der Waals surface area contributed by atoms with E-state index in [2.05, 4.69) is 29.4 Å². The van der Waals surface area contributed by atoms with Crippen LogP contribution in [0.3, 0.4) is 0 Å². The van der Waals surface area contributed by atoms with Gasteiger partial charge in [-0.15, -0.1) is 5.10 Å². The summed E-state index contributed by atoms with van der Waals surface area (Å²) in [6.07, 6.45) is 2.21. The highest BCUT2D eigenvalue weighted by molar-refractivity contribution is 4.93. The molecule has 11 heavy (non-hydrogen) atoms. The van der Waals surface area contributed by atoms with E-state index in [1.807, 2.05) is 4.68 Å². The van der Waals surface area contributed by atoms with Crippen LogP contribution in [-0.4, -0.2) is 20.2 Å². The summed E-state index contributed by atoms with van der Waals surface area (Å²) in [4.78, 5) is 0. The molecule has 1 aromatic rings. The molecule has 1 atom stereocenters. The van der Waals surface area contributed by atoms with Crippen molar-refractivity contribution in [2.75, 3.05) is 0 Å². The number of tetrazole rings is 1. The van der Waals surface area contributed by atoms with Gasteiger partial charge in [-0.1, -0.05) is 13.8 Å². The van der Waals surface area contributed by atoms with Gasteiger partial charge in [0.25, 0.3) is 0 Å². The fourth-order valence-electron chi connectivity index (χ4n) is 1.65. The normalized spacial score (nSPS) is 22.6. The summed E-state index contributed by atoms with van der Waals surface area (Å²) >= 11 is 0. The summed E-state index contributed by atoms with van der Waals surface area (Å²) in [5.41, 5.74) is 0. The first-order chi connectivity index (χ1) is 5.29. The number of hydrogen-bond donors (Lipinski definition) is 0. The average Bonchev–Trinajstić information content (AvgIpc) is 2.41. The topological polar surface area (TPSA) is 43.6 Å². The van der Waals surface area contributed by atoms with Crippen molar-refractivity contribution in [3.05, 3.63) is 5.82 Å². The minimum atomic E-state index is 0.528. The Kier molecular flexibility index (Phi) is 1.41. The number of rotatable bonds is 1. The molecule has 60 valence electrons. The van der Waals surface area contributed by atoms with Crippen molar-refractivity contribution in [3.8, 4) is 0 Å². The van der Waals surface area contributed by atoms with Gasteiger partial charge >= 0.3 is 0 Å². The summed E-state index contributed by atoms with van der Waals surface area (Å²) in [5.74, 6) is 1.68. The van der Waals surface area contributed by atoms with Crippen molar-refractivity contribution in [1.82, 2.24) is 20.2 Å². The van der Waals surface area contributed by atoms with Crippen molar-refractivity contribution in [1.29, 1.82) is 0 Å². The lowest BCUT2D eigenvalue weighted by Gasteiger charge is -2.13. The van der Waals surface area contributed by atoms with E-state index in [1.165, 1.54) is 6.42 Å². The molecule has 2 rings (SSSR count). The summed E-state index contributed by atoms with van der Waals surface area (Å²) in [5, 5.41) is 11.5. The molecule has 1 aliphatic heterocycles. The van der Waals surface area contributed by atoms with Gasteiger partial charge in [0.2, 0.25) is 0 Å². The first kappa shape index (κ1) is 6.76. The molecule has 0 aromatic carbocycles. The molecular formula is C7H12N4. The first-order valence-electron chi connectivity index (χ1n) is 4.06. The van der Waals surface area contributed by atoms with Crippen molar-refractivity contribution < 1.29 is 0 Å². The van der Waals surface area contributed by atoms with Gasteiger partial charge in [0.1, 0.15) is 0 Å². The van der Waals surface area contributed by atoms with Crippen LogP contribution in [0.15, 0.2) is 0 Å². The predicted molar refractivity (Wildman–Crippen MR) is 40.0 cm³/mol. The summed E-state index contributed by atoms with van der Waals surface area (Å²) in [6.45, 7) is 4.42. The van der Waals surface area contributed by atoms with E-state index >= 15 is 0 Å². The van der Waals surface area contributed by atoms with Crippen LogP contribution in [0.5, 0.6) is 0 Å². The maximum absolute atomic E-state index is 3.96. The van der Waals surface area contributed by atoms with Crippen LogP contribution in [0.2, 0.25) is 0 Å².